The van der Waals surface area contributed by atoms with Crippen LogP contribution >= 0.6 is 0 Å². The fourth-order valence-electron chi connectivity index (χ4n) is 1.01. The predicted molar refractivity (Wildman–Crippen MR) is 50.4 cm³/mol. The standard InChI is InChI=1S/C10H13NO2/c1-11(2)10(13)9-5-3-8(7-12)4-6-9/h3-6,12H,7H2,1-2H3. The number of aliphatic hydroxyl groups excluding tert-OH is 1. The second kappa shape index (κ2) is 4.05. The summed E-state index contributed by atoms with van der Waals surface area (Å²) < 4.78 is 0. The molecule has 0 spiro atoms. The summed E-state index contributed by atoms with van der Waals surface area (Å²) in [5, 5.41) is 8.78. The van der Waals surface area contributed by atoms with E-state index in [1.807, 2.05) is 0 Å². The second-order valence-electron chi connectivity index (χ2n) is 3.05. The SMILES string of the molecule is CN(C)C(=O)c1ccc(CO)cc1. The zero-order valence-corrected chi connectivity index (χ0v) is 7.82. The van der Waals surface area contributed by atoms with E-state index in [4.69, 9.17) is 5.11 Å². The average Bonchev–Trinajstić information content (AvgIpc) is 2.17. The second-order valence-corrected chi connectivity index (χ2v) is 3.05. The maximum Gasteiger partial charge on any atom is 0.253 e. The number of aliphatic hydroxyl groups is 1. The summed E-state index contributed by atoms with van der Waals surface area (Å²) in [7, 11) is 3.42. The predicted octanol–water partition coefficient (Wildman–Crippen LogP) is 0.881. The molecule has 0 aromatic heterocycles. The molecule has 70 valence electrons. The molecule has 0 heterocycles. The Morgan fingerprint density at radius 3 is 2.23 bits per heavy atom. The Morgan fingerprint density at radius 2 is 1.85 bits per heavy atom. The lowest BCUT2D eigenvalue weighted by atomic mass is 10.1. The van der Waals surface area contributed by atoms with Crippen LogP contribution in [-0.4, -0.2) is 30.0 Å². The monoisotopic (exact) mass is 179 g/mol. The van der Waals surface area contributed by atoms with Crippen molar-refractivity contribution in [1.82, 2.24) is 4.90 Å². The number of amides is 1. The summed E-state index contributed by atoms with van der Waals surface area (Å²) in [6.45, 7) is 0.0104. The highest BCUT2D eigenvalue weighted by Crippen LogP contribution is 2.05. The van der Waals surface area contributed by atoms with E-state index < -0.39 is 0 Å². The molecule has 0 fully saturated rings. The third-order valence-corrected chi connectivity index (χ3v) is 1.79. The van der Waals surface area contributed by atoms with Crippen molar-refractivity contribution in [3.05, 3.63) is 35.4 Å². The van der Waals surface area contributed by atoms with Gasteiger partial charge in [0, 0.05) is 19.7 Å². The van der Waals surface area contributed by atoms with Crippen LogP contribution in [0.15, 0.2) is 24.3 Å². The zero-order valence-electron chi connectivity index (χ0n) is 7.82. The van der Waals surface area contributed by atoms with Crippen molar-refractivity contribution < 1.29 is 9.90 Å². The number of nitrogens with zero attached hydrogens (tertiary/aromatic N) is 1. The van der Waals surface area contributed by atoms with E-state index in [1.165, 1.54) is 4.90 Å². The van der Waals surface area contributed by atoms with Crippen LogP contribution in [0.5, 0.6) is 0 Å². The maximum absolute atomic E-state index is 11.4. The Labute approximate surface area is 77.6 Å². The van der Waals surface area contributed by atoms with Crippen molar-refractivity contribution in [2.75, 3.05) is 14.1 Å². The highest BCUT2D eigenvalue weighted by molar-refractivity contribution is 5.93. The smallest absolute Gasteiger partial charge is 0.253 e. The Kier molecular flexibility index (Phi) is 3.03. The molecule has 13 heavy (non-hydrogen) atoms. The summed E-state index contributed by atoms with van der Waals surface area (Å²) in [5.41, 5.74) is 1.46. The van der Waals surface area contributed by atoms with Gasteiger partial charge >= 0.3 is 0 Å². The minimum atomic E-state index is -0.0236. The van der Waals surface area contributed by atoms with E-state index in [9.17, 15) is 4.79 Å². The third-order valence-electron chi connectivity index (χ3n) is 1.79. The molecular formula is C10H13NO2. The van der Waals surface area contributed by atoms with Gasteiger partial charge in [0.05, 0.1) is 6.61 Å². The summed E-state index contributed by atoms with van der Waals surface area (Å²) in [6, 6.07) is 6.93. The summed E-state index contributed by atoms with van der Waals surface area (Å²) >= 11 is 0. The molecule has 0 atom stereocenters. The van der Waals surface area contributed by atoms with Gasteiger partial charge in [-0.2, -0.15) is 0 Å². The van der Waals surface area contributed by atoms with Crippen LogP contribution < -0.4 is 0 Å². The van der Waals surface area contributed by atoms with Crippen LogP contribution in [-0.2, 0) is 6.61 Å². The summed E-state index contributed by atoms with van der Waals surface area (Å²) in [5.74, 6) is -0.0236. The van der Waals surface area contributed by atoms with E-state index in [0.29, 0.717) is 5.56 Å². The molecule has 1 aromatic carbocycles. The molecule has 0 unspecified atom stereocenters. The van der Waals surface area contributed by atoms with Crippen molar-refractivity contribution in [2.24, 2.45) is 0 Å². The topological polar surface area (TPSA) is 40.5 Å². The van der Waals surface area contributed by atoms with Crippen LogP contribution in [0.1, 0.15) is 15.9 Å². The Balaban J connectivity index is 2.86. The van der Waals surface area contributed by atoms with Gasteiger partial charge in [0.2, 0.25) is 0 Å². The van der Waals surface area contributed by atoms with Crippen LogP contribution in [0, 0.1) is 0 Å². The number of hydrogen-bond acceptors (Lipinski definition) is 2. The molecule has 0 saturated carbocycles. The lowest BCUT2D eigenvalue weighted by molar-refractivity contribution is 0.0827. The molecule has 0 aliphatic carbocycles. The van der Waals surface area contributed by atoms with Gasteiger partial charge < -0.3 is 10.0 Å². The van der Waals surface area contributed by atoms with Crippen molar-refractivity contribution >= 4 is 5.91 Å². The largest absolute Gasteiger partial charge is 0.392 e. The zero-order chi connectivity index (χ0) is 9.84. The molecule has 3 nitrogen and oxygen atoms in total. The number of benzene rings is 1. The molecule has 0 aliphatic heterocycles. The Morgan fingerprint density at radius 1 is 1.31 bits per heavy atom. The fraction of sp³-hybridized carbons (Fsp3) is 0.300. The van der Waals surface area contributed by atoms with Crippen LogP contribution in [0.4, 0.5) is 0 Å². The Hall–Kier alpha value is -1.35. The third kappa shape index (κ3) is 2.29. The van der Waals surface area contributed by atoms with Crippen LogP contribution in [0.2, 0.25) is 0 Å². The molecular weight excluding hydrogens is 166 g/mol. The highest BCUT2D eigenvalue weighted by atomic mass is 16.3. The van der Waals surface area contributed by atoms with E-state index in [-0.39, 0.29) is 12.5 Å². The molecule has 1 amide bonds. The molecule has 1 N–H and O–H groups in total. The van der Waals surface area contributed by atoms with Gasteiger partial charge in [-0.25, -0.2) is 0 Å². The first-order valence-electron chi connectivity index (χ1n) is 4.06. The number of rotatable bonds is 2. The minimum absolute atomic E-state index is 0.0104. The van der Waals surface area contributed by atoms with Crippen LogP contribution in [0.3, 0.4) is 0 Å². The molecule has 1 aromatic rings. The van der Waals surface area contributed by atoms with Gasteiger partial charge in [0.25, 0.3) is 5.91 Å². The van der Waals surface area contributed by atoms with E-state index in [0.717, 1.165) is 5.56 Å². The maximum atomic E-state index is 11.4. The van der Waals surface area contributed by atoms with E-state index >= 15 is 0 Å². The first-order valence-corrected chi connectivity index (χ1v) is 4.06. The highest BCUT2D eigenvalue weighted by Gasteiger charge is 2.06. The average molecular weight is 179 g/mol. The lowest BCUT2D eigenvalue weighted by Crippen LogP contribution is -2.21. The summed E-state index contributed by atoms with van der Waals surface area (Å²) in [6.07, 6.45) is 0. The molecule has 1 rings (SSSR count). The molecule has 0 radical (unpaired) electrons. The van der Waals surface area contributed by atoms with Crippen molar-refractivity contribution in [1.29, 1.82) is 0 Å². The van der Waals surface area contributed by atoms with Gasteiger partial charge in [0.1, 0.15) is 0 Å². The quantitative estimate of drug-likeness (QED) is 0.732. The van der Waals surface area contributed by atoms with Crippen molar-refractivity contribution in [2.45, 2.75) is 6.61 Å². The van der Waals surface area contributed by atoms with Crippen molar-refractivity contribution in [3.63, 3.8) is 0 Å². The van der Waals surface area contributed by atoms with Gasteiger partial charge in [-0.05, 0) is 17.7 Å². The summed E-state index contributed by atoms with van der Waals surface area (Å²) in [4.78, 5) is 12.9. The van der Waals surface area contributed by atoms with Crippen molar-refractivity contribution in [3.8, 4) is 0 Å². The normalized spacial score (nSPS) is 9.77. The minimum Gasteiger partial charge on any atom is -0.392 e. The Bertz CT molecular complexity index is 290. The number of hydrogen-bond donors (Lipinski definition) is 1. The molecule has 0 saturated heterocycles. The van der Waals surface area contributed by atoms with E-state index in [2.05, 4.69) is 0 Å². The molecule has 0 bridgehead atoms. The number of carbonyl (C=O) groups excluding carboxylic acids is 1. The first kappa shape index (κ1) is 9.74. The van der Waals surface area contributed by atoms with Gasteiger partial charge in [-0.15, -0.1) is 0 Å². The number of carbonyl (C=O) groups is 1. The van der Waals surface area contributed by atoms with Crippen LogP contribution in [0.25, 0.3) is 0 Å². The lowest BCUT2D eigenvalue weighted by Gasteiger charge is -2.09. The molecule has 0 aliphatic rings. The first-order chi connectivity index (χ1) is 6.15. The van der Waals surface area contributed by atoms with E-state index in [1.54, 1.807) is 38.4 Å². The van der Waals surface area contributed by atoms with Gasteiger partial charge in [-0.3, -0.25) is 4.79 Å². The fourth-order valence-corrected chi connectivity index (χ4v) is 1.01. The van der Waals surface area contributed by atoms with Gasteiger partial charge in [-0.1, -0.05) is 12.1 Å². The molecule has 3 heteroatoms. The van der Waals surface area contributed by atoms with Gasteiger partial charge in [0.15, 0.2) is 0 Å².